The van der Waals surface area contributed by atoms with Crippen LogP contribution in [0, 0.1) is 6.92 Å². The maximum absolute atomic E-state index is 10.6. The first-order chi connectivity index (χ1) is 6.11. The zero-order chi connectivity index (χ0) is 10.0. The molecule has 0 atom stereocenters. The molecular weight excluding hydrogens is 192 g/mol. The molecule has 0 saturated heterocycles. The van der Waals surface area contributed by atoms with E-state index in [1.807, 2.05) is 0 Å². The van der Waals surface area contributed by atoms with Crippen molar-refractivity contribution in [2.45, 2.75) is 6.92 Å². The number of benzene rings is 1. The lowest BCUT2D eigenvalue weighted by Crippen LogP contribution is -1.93. The van der Waals surface area contributed by atoms with Gasteiger partial charge in [-0.15, -0.1) is 0 Å². The Balaban J connectivity index is 3.47. The number of ether oxygens (including phenoxy) is 1. The number of carbonyl (C=O) groups is 1. The number of phenolic OH excluding ortho intramolecular Hbond substituents is 1. The quantitative estimate of drug-likeness (QED) is 0.745. The largest absolute Gasteiger partial charge is 0.506 e. The first-order valence-electron chi connectivity index (χ1n) is 3.63. The van der Waals surface area contributed by atoms with Gasteiger partial charge in [-0.3, -0.25) is 4.79 Å². The standard InChI is InChI=1S/C9H9ClO3/c1-5-3-6(4-11)9(13-2)7(10)8(5)12/h3-4,12H,1-2H3. The van der Waals surface area contributed by atoms with Crippen LogP contribution in [-0.2, 0) is 0 Å². The number of aldehydes is 1. The highest BCUT2D eigenvalue weighted by Crippen LogP contribution is 2.37. The number of hydrogen-bond donors (Lipinski definition) is 1. The average molecular weight is 201 g/mol. The van der Waals surface area contributed by atoms with E-state index in [0.717, 1.165) is 0 Å². The molecule has 13 heavy (non-hydrogen) atoms. The van der Waals surface area contributed by atoms with Crippen molar-refractivity contribution >= 4 is 17.9 Å². The third kappa shape index (κ3) is 1.60. The van der Waals surface area contributed by atoms with Crippen molar-refractivity contribution in [3.05, 3.63) is 22.2 Å². The molecule has 0 saturated carbocycles. The highest BCUT2D eigenvalue weighted by Gasteiger charge is 2.13. The SMILES string of the molecule is COc1c(C=O)cc(C)c(O)c1Cl. The molecule has 0 bridgehead atoms. The molecule has 0 aliphatic rings. The predicted molar refractivity (Wildman–Crippen MR) is 49.8 cm³/mol. The Hall–Kier alpha value is -1.22. The van der Waals surface area contributed by atoms with Crippen molar-refractivity contribution in [1.29, 1.82) is 0 Å². The van der Waals surface area contributed by atoms with Gasteiger partial charge < -0.3 is 9.84 Å². The summed E-state index contributed by atoms with van der Waals surface area (Å²) in [5.41, 5.74) is 0.885. The second-order valence-electron chi connectivity index (χ2n) is 2.60. The van der Waals surface area contributed by atoms with Crippen LogP contribution in [-0.4, -0.2) is 18.5 Å². The van der Waals surface area contributed by atoms with Crippen molar-refractivity contribution in [3.63, 3.8) is 0 Å². The molecule has 1 N–H and O–H groups in total. The van der Waals surface area contributed by atoms with Gasteiger partial charge in [-0.2, -0.15) is 0 Å². The summed E-state index contributed by atoms with van der Waals surface area (Å²) in [6, 6.07) is 1.52. The molecule has 1 aromatic carbocycles. The molecule has 0 spiro atoms. The zero-order valence-corrected chi connectivity index (χ0v) is 8.05. The number of aromatic hydroxyl groups is 1. The van der Waals surface area contributed by atoms with Crippen LogP contribution >= 0.6 is 11.6 Å². The van der Waals surface area contributed by atoms with Crippen LogP contribution in [0.2, 0.25) is 5.02 Å². The summed E-state index contributed by atoms with van der Waals surface area (Å²) in [4.78, 5) is 10.6. The Morgan fingerprint density at radius 2 is 2.23 bits per heavy atom. The maximum Gasteiger partial charge on any atom is 0.153 e. The van der Waals surface area contributed by atoms with Gasteiger partial charge in [-0.1, -0.05) is 11.6 Å². The Morgan fingerprint density at radius 3 is 2.69 bits per heavy atom. The normalized spacial score (nSPS) is 9.77. The molecule has 1 rings (SSSR count). The molecule has 0 unspecified atom stereocenters. The highest BCUT2D eigenvalue weighted by atomic mass is 35.5. The lowest BCUT2D eigenvalue weighted by atomic mass is 10.1. The fourth-order valence-electron chi connectivity index (χ4n) is 1.07. The molecule has 0 aliphatic carbocycles. The van der Waals surface area contributed by atoms with Gasteiger partial charge in [0.1, 0.15) is 10.8 Å². The topological polar surface area (TPSA) is 46.5 Å². The highest BCUT2D eigenvalue weighted by molar-refractivity contribution is 6.34. The van der Waals surface area contributed by atoms with Gasteiger partial charge in [-0.25, -0.2) is 0 Å². The summed E-state index contributed by atoms with van der Waals surface area (Å²) >= 11 is 5.75. The molecule has 0 amide bonds. The molecule has 4 heteroatoms. The van der Waals surface area contributed by atoms with Crippen molar-refractivity contribution < 1.29 is 14.6 Å². The van der Waals surface area contributed by atoms with Crippen LogP contribution in [0.25, 0.3) is 0 Å². The minimum absolute atomic E-state index is 0.0517. The summed E-state index contributed by atoms with van der Waals surface area (Å²) in [5, 5.41) is 9.48. The van der Waals surface area contributed by atoms with E-state index in [-0.39, 0.29) is 16.5 Å². The van der Waals surface area contributed by atoms with Crippen molar-refractivity contribution in [2.24, 2.45) is 0 Å². The minimum atomic E-state index is -0.0517. The monoisotopic (exact) mass is 200 g/mol. The average Bonchev–Trinajstić information content (AvgIpc) is 2.13. The first-order valence-corrected chi connectivity index (χ1v) is 4.00. The van der Waals surface area contributed by atoms with E-state index in [4.69, 9.17) is 16.3 Å². The molecule has 0 aromatic heterocycles. The molecule has 3 nitrogen and oxygen atoms in total. The number of carbonyl (C=O) groups excluding carboxylic acids is 1. The van der Waals surface area contributed by atoms with Crippen molar-refractivity contribution in [2.75, 3.05) is 7.11 Å². The van der Waals surface area contributed by atoms with Gasteiger partial charge in [0.2, 0.25) is 0 Å². The van der Waals surface area contributed by atoms with E-state index in [1.165, 1.54) is 13.2 Å². The number of hydrogen-bond acceptors (Lipinski definition) is 3. The van der Waals surface area contributed by atoms with Gasteiger partial charge in [0.25, 0.3) is 0 Å². The summed E-state index contributed by atoms with van der Waals surface area (Å²) < 4.78 is 4.88. The first kappa shape index (κ1) is 9.86. The summed E-state index contributed by atoms with van der Waals surface area (Å²) in [5.74, 6) is 0.156. The smallest absolute Gasteiger partial charge is 0.153 e. The summed E-state index contributed by atoms with van der Waals surface area (Å²) in [6.07, 6.45) is 0.636. The third-order valence-electron chi connectivity index (χ3n) is 1.75. The Morgan fingerprint density at radius 1 is 1.62 bits per heavy atom. The third-order valence-corrected chi connectivity index (χ3v) is 2.10. The lowest BCUT2D eigenvalue weighted by molar-refractivity contribution is 0.112. The summed E-state index contributed by atoms with van der Waals surface area (Å²) in [7, 11) is 1.39. The number of aryl methyl sites for hydroxylation is 1. The molecule has 0 fully saturated rings. The van der Waals surface area contributed by atoms with Gasteiger partial charge in [0, 0.05) is 0 Å². The minimum Gasteiger partial charge on any atom is -0.506 e. The number of rotatable bonds is 2. The number of phenols is 1. The second-order valence-corrected chi connectivity index (χ2v) is 2.97. The Kier molecular flexibility index (Phi) is 2.78. The van der Waals surface area contributed by atoms with Gasteiger partial charge in [0.05, 0.1) is 12.7 Å². The van der Waals surface area contributed by atoms with Gasteiger partial charge in [-0.05, 0) is 18.6 Å². The van der Waals surface area contributed by atoms with Crippen LogP contribution in [0.4, 0.5) is 0 Å². The van der Waals surface area contributed by atoms with Crippen LogP contribution < -0.4 is 4.74 Å². The van der Waals surface area contributed by atoms with Crippen molar-refractivity contribution in [3.8, 4) is 11.5 Å². The Labute approximate surface area is 80.9 Å². The second kappa shape index (κ2) is 3.66. The molecule has 1 aromatic rings. The molecular formula is C9H9ClO3. The van der Waals surface area contributed by atoms with E-state index in [1.54, 1.807) is 6.92 Å². The Bertz CT molecular complexity index is 347. The zero-order valence-electron chi connectivity index (χ0n) is 7.30. The fraction of sp³-hybridized carbons (Fsp3) is 0.222. The molecule has 70 valence electrons. The number of methoxy groups -OCH3 is 1. The van der Waals surface area contributed by atoms with E-state index >= 15 is 0 Å². The van der Waals surface area contributed by atoms with E-state index in [9.17, 15) is 9.90 Å². The molecule has 0 aliphatic heterocycles. The predicted octanol–water partition coefficient (Wildman–Crippen LogP) is 2.18. The fourth-order valence-corrected chi connectivity index (χ4v) is 1.40. The molecule has 0 radical (unpaired) electrons. The van der Waals surface area contributed by atoms with Crippen LogP contribution in [0.15, 0.2) is 6.07 Å². The van der Waals surface area contributed by atoms with Crippen molar-refractivity contribution in [1.82, 2.24) is 0 Å². The number of halogens is 1. The molecule has 0 heterocycles. The van der Waals surface area contributed by atoms with Crippen LogP contribution in [0.5, 0.6) is 11.5 Å². The van der Waals surface area contributed by atoms with E-state index in [0.29, 0.717) is 17.4 Å². The van der Waals surface area contributed by atoms with E-state index < -0.39 is 0 Å². The van der Waals surface area contributed by atoms with Crippen LogP contribution in [0.3, 0.4) is 0 Å². The summed E-state index contributed by atoms with van der Waals surface area (Å²) in [6.45, 7) is 1.66. The maximum atomic E-state index is 10.6. The lowest BCUT2D eigenvalue weighted by Gasteiger charge is -2.09. The van der Waals surface area contributed by atoms with Crippen LogP contribution in [0.1, 0.15) is 15.9 Å². The van der Waals surface area contributed by atoms with E-state index in [2.05, 4.69) is 0 Å². The van der Waals surface area contributed by atoms with Gasteiger partial charge in [0.15, 0.2) is 12.0 Å². The van der Waals surface area contributed by atoms with Gasteiger partial charge >= 0.3 is 0 Å².